The molecule has 1 aromatic carbocycles. The van der Waals surface area contributed by atoms with Gasteiger partial charge in [-0.3, -0.25) is 14.9 Å². The summed E-state index contributed by atoms with van der Waals surface area (Å²) in [5.74, 6) is -0.699. The highest BCUT2D eigenvalue weighted by molar-refractivity contribution is 5.70. The van der Waals surface area contributed by atoms with Gasteiger partial charge in [-0.05, 0) is 18.6 Å². The van der Waals surface area contributed by atoms with Gasteiger partial charge in [-0.25, -0.2) is 0 Å². The third kappa shape index (κ3) is 4.52. The highest BCUT2D eigenvalue weighted by atomic mass is 16.6. The summed E-state index contributed by atoms with van der Waals surface area (Å²) in [6, 6.07) is 5.03. The van der Waals surface area contributed by atoms with Crippen molar-refractivity contribution in [1.29, 1.82) is 5.26 Å². The summed E-state index contributed by atoms with van der Waals surface area (Å²) in [5.41, 5.74) is -0.425. The molecule has 1 rings (SSSR count). The monoisotopic (exact) mass is 294 g/mol. The molecule has 0 aliphatic carbocycles. The fourth-order valence-corrected chi connectivity index (χ4v) is 1.70. The molecule has 0 aliphatic rings. The number of non-ortho nitro benzene ring substituents is 1. The number of nitro benzene ring substituents is 1. The van der Waals surface area contributed by atoms with Gasteiger partial charge in [0.2, 0.25) is 0 Å². The summed E-state index contributed by atoms with van der Waals surface area (Å²) in [7, 11) is 0. The van der Waals surface area contributed by atoms with Gasteiger partial charge in [0.15, 0.2) is 0 Å². The maximum absolute atomic E-state index is 11.2. The number of aliphatic hydroxyl groups excluding tert-OH is 2. The van der Waals surface area contributed by atoms with Crippen LogP contribution in [-0.2, 0) is 9.53 Å². The zero-order valence-corrected chi connectivity index (χ0v) is 11.2. The number of nitriles is 1. The molecule has 2 unspecified atom stereocenters. The fraction of sp³-hybridized carbons (Fsp3) is 0.385. The topological polar surface area (TPSA) is 134 Å². The Hall–Kier alpha value is -2.50. The Kier molecular flexibility index (Phi) is 5.78. The van der Waals surface area contributed by atoms with Crippen LogP contribution in [0.15, 0.2) is 18.2 Å². The van der Waals surface area contributed by atoms with Crippen molar-refractivity contribution in [2.75, 3.05) is 6.61 Å². The van der Waals surface area contributed by atoms with E-state index >= 15 is 0 Å². The molecule has 2 atom stereocenters. The summed E-state index contributed by atoms with van der Waals surface area (Å²) >= 11 is 0. The number of carbonyl (C=O) groups is 1. The number of nitrogens with zero attached hydrogens (tertiary/aromatic N) is 2. The van der Waals surface area contributed by atoms with Gasteiger partial charge in [0.05, 0.1) is 35.7 Å². The molecule has 1 aromatic rings. The molecule has 0 saturated carbocycles. The quantitative estimate of drug-likeness (QED) is 0.450. The van der Waals surface area contributed by atoms with Crippen LogP contribution in [0.1, 0.15) is 30.6 Å². The average Bonchev–Trinajstić information content (AvgIpc) is 2.45. The predicted octanol–water partition coefficient (Wildman–Crippen LogP) is 0.814. The summed E-state index contributed by atoms with van der Waals surface area (Å²) in [5, 5.41) is 39.3. The van der Waals surface area contributed by atoms with Crippen molar-refractivity contribution in [3.05, 3.63) is 39.4 Å². The minimum atomic E-state index is -1.54. The molecule has 0 aromatic heterocycles. The van der Waals surface area contributed by atoms with Gasteiger partial charge in [-0.15, -0.1) is 0 Å². The van der Waals surface area contributed by atoms with Crippen LogP contribution in [0.25, 0.3) is 0 Å². The molecule has 112 valence electrons. The van der Waals surface area contributed by atoms with Crippen molar-refractivity contribution >= 4 is 11.7 Å². The van der Waals surface area contributed by atoms with Crippen molar-refractivity contribution in [2.45, 2.75) is 25.6 Å². The van der Waals surface area contributed by atoms with E-state index < -0.39 is 29.5 Å². The van der Waals surface area contributed by atoms with Crippen LogP contribution >= 0.6 is 0 Å². The third-order valence-corrected chi connectivity index (χ3v) is 2.67. The Labute approximate surface area is 120 Å². The maximum atomic E-state index is 11.2. The standard InChI is InChI=1S/C13H14N2O6/c1-2-21-12(17)6-11(16)13(18)9-3-8(7-14)4-10(5-9)15(19)20/h3-5,11,13,16,18H,2,6H2,1H3. The minimum Gasteiger partial charge on any atom is -0.466 e. The lowest BCUT2D eigenvalue weighted by molar-refractivity contribution is -0.385. The summed E-state index contributed by atoms with van der Waals surface area (Å²) in [6.45, 7) is 1.73. The Balaban J connectivity index is 2.98. The van der Waals surface area contributed by atoms with Crippen LogP contribution in [0, 0.1) is 21.4 Å². The number of aliphatic hydroxyl groups is 2. The van der Waals surface area contributed by atoms with E-state index in [4.69, 9.17) is 5.26 Å². The molecule has 0 spiro atoms. The lowest BCUT2D eigenvalue weighted by Gasteiger charge is -2.17. The highest BCUT2D eigenvalue weighted by Gasteiger charge is 2.24. The van der Waals surface area contributed by atoms with Crippen LogP contribution in [0.5, 0.6) is 0 Å². The number of hydrogen-bond donors (Lipinski definition) is 2. The zero-order valence-electron chi connectivity index (χ0n) is 11.2. The van der Waals surface area contributed by atoms with Gasteiger partial charge < -0.3 is 14.9 Å². The molecule has 0 fully saturated rings. The maximum Gasteiger partial charge on any atom is 0.308 e. The number of rotatable bonds is 6. The Morgan fingerprint density at radius 2 is 2.14 bits per heavy atom. The van der Waals surface area contributed by atoms with Crippen LogP contribution in [0.4, 0.5) is 5.69 Å². The molecule has 21 heavy (non-hydrogen) atoms. The lowest BCUT2D eigenvalue weighted by Crippen LogP contribution is -2.23. The first-order chi connectivity index (χ1) is 9.88. The first-order valence-corrected chi connectivity index (χ1v) is 6.10. The SMILES string of the molecule is CCOC(=O)CC(O)C(O)c1cc(C#N)cc([N+](=O)[O-])c1. The van der Waals surface area contributed by atoms with Crippen molar-refractivity contribution < 1.29 is 24.7 Å². The van der Waals surface area contributed by atoms with Crippen molar-refractivity contribution in [3.63, 3.8) is 0 Å². The van der Waals surface area contributed by atoms with Gasteiger partial charge in [-0.1, -0.05) is 0 Å². The van der Waals surface area contributed by atoms with E-state index in [1.165, 1.54) is 6.07 Å². The largest absolute Gasteiger partial charge is 0.466 e. The molecular formula is C13H14N2O6. The van der Waals surface area contributed by atoms with Gasteiger partial charge in [0, 0.05) is 12.1 Å². The molecule has 0 bridgehead atoms. The van der Waals surface area contributed by atoms with Gasteiger partial charge in [0.25, 0.3) is 5.69 Å². The van der Waals surface area contributed by atoms with Gasteiger partial charge >= 0.3 is 5.97 Å². The number of benzene rings is 1. The number of esters is 1. The second-order valence-electron chi connectivity index (χ2n) is 4.20. The molecule has 0 amide bonds. The van der Waals surface area contributed by atoms with Crippen molar-refractivity contribution in [2.24, 2.45) is 0 Å². The number of nitro groups is 1. The second-order valence-corrected chi connectivity index (χ2v) is 4.20. The smallest absolute Gasteiger partial charge is 0.308 e. The molecule has 2 N–H and O–H groups in total. The molecule has 0 radical (unpaired) electrons. The van der Waals surface area contributed by atoms with E-state index in [-0.39, 0.29) is 23.4 Å². The van der Waals surface area contributed by atoms with Gasteiger partial charge in [0.1, 0.15) is 6.10 Å². The van der Waals surface area contributed by atoms with Crippen LogP contribution < -0.4 is 0 Å². The first-order valence-electron chi connectivity index (χ1n) is 6.10. The van der Waals surface area contributed by atoms with E-state index in [0.29, 0.717) is 0 Å². The second kappa shape index (κ2) is 7.33. The lowest BCUT2D eigenvalue weighted by atomic mass is 9.99. The number of hydrogen-bond acceptors (Lipinski definition) is 7. The van der Waals surface area contributed by atoms with E-state index in [0.717, 1.165) is 12.1 Å². The minimum absolute atomic E-state index is 0.0162. The van der Waals surface area contributed by atoms with E-state index in [1.807, 2.05) is 0 Å². The van der Waals surface area contributed by atoms with Crippen LogP contribution in [0.3, 0.4) is 0 Å². The highest BCUT2D eigenvalue weighted by Crippen LogP contribution is 2.25. The van der Waals surface area contributed by atoms with Crippen LogP contribution in [-0.4, -0.2) is 33.8 Å². The van der Waals surface area contributed by atoms with E-state index in [1.54, 1.807) is 13.0 Å². The summed E-state index contributed by atoms with van der Waals surface area (Å²) < 4.78 is 4.63. The molecular weight excluding hydrogens is 280 g/mol. The third-order valence-electron chi connectivity index (χ3n) is 2.67. The van der Waals surface area contributed by atoms with E-state index in [9.17, 15) is 25.1 Å². The number of carbonyl (C=O) groups excluding carboxylic acids is 1. The normalized spacial score (nSPS) is 13.0. The molecule has 8 heteroatoms. The molecule has 0 aliphatic heterocycles. The molecule has 0 heterocycles. The Morgan fingerprint density at radius 3 is 2.67 bits per heavy atom. The zero-order chi connectivity index (χ0) is 16.0. The van der Waals surface area contributed by atoms with E-state index in [2.05, 4.69) is 4.74 Å². The Bertz CT molecular complexity index is 581. The summed E-state index contributed by atoms with van der Waals surface area (Å²) in [4.78, 5) is 21.3. The van der Waals surface area contributed by atoms with Crippen molar-refractivity contribution in [3.8, 4) is 6.07 Å². The first kappa shape index (κ1) is 16.6. The van der Waals surface area contributed by atoms with Crippen LogP contribution in [0.2, 0.25) is 0 Å². The average molecular weight is 294 g/mol. The fourth-order valence-electron chi connectivity index (χ4n) is 1.70. The van der Waals surface area contributed by atoms with Gasteiger partial charge in [-0.2, -0.15) is 5.26 Å². The number of ether oxygens (including phenoxy) is 1. The molecule has 0 saturated heterocycles. The van der Waals surface area contributed by atoms with Crippen molar-refractivity contribution in [1.82, 2.24) is 0 Å². The summed E-state index contributed by atoms with van der Waals surface area (Å²) in [6.07, 6.45) is -3.49. The predicted molar refractivity (Wildman–Crippen MR) is 70.0 cm³/mol. The Morgan fingerprint density at radius 1 is 1.48 bits per heavy atom. The molecule has 8 nitrogen and oxygen atoms in total.